The van der Waals surface area contributed by atoms with Gasteiger partial charge in [0, 0.05) is 37.5 Å². The molecule has 27 heavy (non-hydrogen) atoms. The first kappa shape index (κ1) is 17.3. The third-order valence-corrected chi connectivity index (χ3v) is 4.30. The van der Waals surface area contributed by atoms with Crippen LogP contribution in [0.2, 0.25) is 0 Å². The summed E-state index contributed by atoms with van der Waals surface area (Å²) in [5, 5.41) is 3.98. The number of aromatic nitrogens is 5. The van der Waals surface area contributed by atoms with Crippen molar-refractivity contribution in [3.63, 3.8) is 0 Å². The van der Waals surface area contributed by atoms with Crippen molar-refractivity contribution in [2.75, 3.05) is 26.3 Å². The summed E-state index contributed by atoms with van der Waals surface area (Å²) in [5.41, 5.74) is 1.15. The molecule has 9 nitrogen and oxygen atoms in total. The number of pyridine rings is 1. The number of carbonyl (C=O) groups excluding carboxylic acids is 1. The van der Waals surface area contributed by atoms with Crippen LogP contribution in [0.5, 0.6) is 0 Å². The number of morpholine rings is 1. The van der Waals surface area contributed by atoms with E-state index in [4.69, 9.17) is 9.26 Å². The lowest BCUT2D eigenvalue weighted by molar-refractivity contribution is 0.0299. The molecule has 4 rings (SSSR count). The zero-order valence-corrected chi connectivity index (χ0v) is 15.0. The van der Waals surface area contributed by atoms with Gasteiger partial charge in [-0.3, -0.25) is 9.36 Å². The van der Waals surface area contributed by atoms with Crippen LogP contribution in [0.1, 0.15) is 29.7 Å². The molecule has 0 saturated carbocycles. The fraction of sp³-hybridized carbons (Fsp3) is 0.389. The van der Waals surface area contributed by atoms with E-state index in [9.17, 15) is 4.79 Å². The van der Waals surface area contributed by atoms with Gasteiger partial charge in [-0.1, -0.05) is 12.1 Å². The summed E-state index contributed by atoms with van der Waals surface area (Å²) in [7, 11) is 0. The molecular formula is C18H20N6O3. The normalized spacial score (nSPS) is 14.5. The zero-order valence-electron chi connectivity index (χ0n) is 15.0. The first-order valence-electron chi connectivity index (χ1n) is 8.95. The number of imidazole rings is 1. The van der Waals surface area contributed by atoms with Gasteiger partial charge in [0.05, 0.1) is 13.2 Å². The minimum Gasteiger partial charge on any atom is -0.378 e. The van der Waals surface area contributed by atoms with E-state index in [1.54, 1.807) is 28.2 Å². The van der Waals surface area contributed by atoms with Gasteiger partial charge in [-0.25, -0.2) is 9.97 Å². The molecule has 1 aliphatic heterocycles. The summed E-state index contributed by atoms with van der Waals surface area (Å²) < 4.78 is 12.3. The number of hydrogen-bond acceptors (Lipinski definition) is 7. The molecule has 140 valence electrons. The van der Waals surface area contributed by atoms with Gasteiger partial charge in [0.2, 0.25) is 0 Å². The van der Waals surface area contributed by atoms with Crippen molar-refractivity contribution in [2.45, 2.75) is 19.8 Å². The van der Waals surface area contributed by atoms with Gasteiger partial charge in [-0.2, -0.15) is 4.98 Å². The summed E-state index contributed by atoms with van der Waals surface area (Å²) in [4.78, 5) is 27.3. The van der Waals surface area contributed by atoms with Crippen LogP contribution in [-0.4, -0.2) is 61.8 Å². The van der Waals surface area contributed by atoms with Crippen LogP contribution in [0.3, 0.4) is 0 Å². The third kappa shape index (κ3) is 3.72. The van der Waals surface area contributed by atoms with Gasteiger partial charge in [0.25, 0.3) is 11.8 Å². The smallest absolute Gasteiger partial charge is 0.274 e. The van der Waals surface area contributed by atoms with Gasteiger partial charge >= 0.3 is 0 Å². The van der Waals surface area contributed by atoms with Crippen molar-refractivity contribution in [1.29, 1.82) is 0 Å². The predicted octanol–water partition coefficient (Wildman–Crippen LogP) is 1.74. The SMILES string of the molecule is CCCc1noc(-c2ccnc(-n3cnc(C(=O)N4CCOCC4)c3)c2)n1. The fourth-order valence-corrected chi connectivity index (χ4v) is 2.88. The molecule has 0 atom stereocenters. The van der Waals surface area contributed by atoms with Gasteiger partial charge in [-0.15, -0.1) is 0 Å². The van der Waals surface area contributed by atoms with Crippen LogP contribution >= 0.6 is 0 Å². The van der Waals surface area contributed by atoms with Gasteiger partial charge in [-0.05, 0) is 18.6 Å². The topological polar surface area (TPSA) is 99.2 Å². The number of amides is 1. The minimum absolute atomic E-state index is 0.102. The van der Waals surface area contributed by atoms with Crippen LogP contribution in [0.15, 0.2) is 35.4 Å². The number of carbonyl (C=O) groups is 1. The van der Waals surface area contributed by atoms with E-state index in [-0.39, 0.29) is 5.91 Å². The molecule has 0 bridgehead atoms. The molecule has 1 saturated heterocycles. The van der Waals surface area contributed by atoms with E-state index in [0.717, 1.165) is 18.4 Å². The number of nitrogens with zero attached hydrogens (tertiary/aromatic N) is 6. The monoisotopic (exact) mass is 368 g/mol. The average molecular weight is 368 g/mol. The summed E-state index contributed by atoms with van der Waals surface area (Å²) in [6.45, 7) is 4.34. The Labute approximate surface area is 156 Å². The maximum absolute atomic E-state index is 12.5. The molecule has 1 aliphatic rings. The number of hydrogen-bond donors (Lipinski definition) is 0. The number of ether oxygens (including phenoxy) is 1. The lowest BCUT2D eigenvalue weighted by Gasteiger charge is -2.25. The molecule has 4 heterocycles. The van der Waals surface area contributed by atoms with Crippen LogP contribution in [0, 0.1) is 0 Å². The lowest BCUT2D eigenvalue weighted by atomic mass is 10.2. The van der Waals surface area contributed by atoms with Gasteiger partial charge < -0.3 is 14.2 Å². The number of aryl methyl sites for hydroxylation is 1. The second-order valence-electron chi connectivity index (χ2n) is 6.24. The van der Waals surface area contributed by atoms with Gasteiger partial charge in [0.15, 0.2) is 5.82 Å². The van der Waals surface area contributed by atoms with E-state index in [1.807, 2.05) is 12.1 Å². The first-order chi connectivity index (χ1) is 13.2. The molecule has 0 unspecified atom stereocenters. The third-order valence-electron chi connectivity index (χ3n) is 4.30. The molecule has 0 aromatic carbocycles. The Morgan fingerprint density at radius 1 is 1.26 bits per heavy atom. The molecular weight excluding hydrogens is 348 g/mol. The predicted molar refractivity (Wildman–Crippen MR) is 95.4 cm³/mol. The van der Waals surface area contributed by atoms with E-state index < -0.39 is 0 Å². The zero-order chi connectivity index (χ0) is 18.6. The molecule has 0 radical (unpaired) electrons. The summed E-state index contributed by atoms with van der Waals surface area (Å²) in [6, 6.07) is 3.64. The molecule has 3 aromatic heterocycles. The highest BCUT2D eigenvalue weighted by molar-refractivity contribution is 5.92. The Morgan fingerprint density at radius 2 is 2.11 bits per heavy atom. The Bertz CT molecular complexity index is 929. The van der Waals surface area contributed by atoms with Crippen molar-refractivity contribution in [1.82, 2.24) is 29.6 Å². The summed E-state index contributed by atoms with van der Waals surface area (Å²) in [5.74, 6) is 1.66. The summed E-state index contributed by atoms with van der Waals surface area (Å²) in [6.07, 6.45) is 6.65. The van der Waals surface area contributed by atoms with Crippen LogP contribution in [-0.2, 0) is 11.2 Å². The molecule has 3 aromatic rings. The lowest BCUT2D eigenvalue weighted by Crippen LogP contribution is -2.40. The highest BCUT2D eigenvalue weighted by Crippen LogP contribution is 2.20. The van der Waals surface area contributed by atoms with Crippen molar-refractivity contribution < 1.29 is 14.1 Å². The van der Waals surface area contributed by atoms with E-state index in [1.165, 1.54) is 0 Å². The van der Waals surface area contributed by atoms with Crippen molar-refractivity contribution in [2.24, 2.45) is 0 Å². The Morgan fingerprint density at radius 3 is 2.93 bits per heavy atom. The van der Waals surface area contributed by atoms with E-state index in [2.05, 4.69) is 27.0 Å². The van der Waals surface area contributed by atoms with Crippen LogP contribution < -0.4 is 0 Å². The quantitative estimate of drug-likeness (QED) is 0.676. The molecule has 1 fully saturated rings. The number of rotatable bonds is 5. The van der Waals surface area contributed by atoms with Crippen molar-refractivity contribution >= 4 is 5.91 Å². The minimum atomic E-state index is -0.102. The maximum Gasteiger partial charge on any atom is 0.274 e. The van der Waals surface area contributed by atoms with Crippen LogP contribution in [0.4, 0.5) is 0 Å². The maximum atomic E-state index is 12.5. The Balaban J connectivity index is 1.55. The highest BCUT2D eigenvalue weighted by atomic mass is 16.5. The molecule has 9 heteroatoms. The molecule has 0 aliphatic carbocycles. The Hall–Kier alpha value is -3.07. The molecule has 1 amide bonds. The van der Waals surface area contributed by atoms with E-state index >= 15 is 0 Å². The second kappa shape index (κ2) is 7.67. The standard InChI is InChI=1S/C18H20N6O3/c1-2-3-15-21-17(27-22-15)13-4-5-19-16(10-13)24-11-14(20-12-24)18(25)23-6-8-26-9-7-23/h4-5,10-12H,2-3,6-9H2,1H3. The van der Waals surface area contributed by atoms with E-state index in [0.29, 0.717) is 49.5 Å². The van der Waals surface area contributed by atoms with Crippen LogP contribution in [0.25, 0.3) is 17.3 Å². The molecule has 0 spiro atoms. The molecule has 0 N–H and O–H groups in total. The highest BCUT2D eigenvalue weighted by Gasteiger charge is 2.21. The van der Waals surface area contributed by atoms with Gasteiger partial charge in [0.1, 0.15) is 17.8 Å². The summed E-state index contributed by atoms with van der Waals surface area (Å²) >= 11 is 0. The van der Waals surface area contributed by atoms with Crippen molar-refractivity contribution in [3.05, 3.63) is 42.4 Å². The largest absolute Gasteiger partial charge is 0.378 e. The first-order valence-corrected chi connectivity index (χ1v) is 8.95. The fourth-order valence-electron chi connectivity index (χ4n) is 2.88. The Kier molecular flexibility index (Phi) is 4.93. The second-order valence-corrected chi connectivity index (χ2v) is 6.24. The van der Waals surface area contributed by atoms with Crippen molar-refractivity contribution in [3.8, 4) is 17.3 Å². The average Bonchev–Trinajstić information content (AvgIpc) is 3.39.